The van der Waals surface area contributed by atoms with Crippen molar-refractivity contribution in [3.8, 4) is 0 Å². The number of carbonyl (C=O) groups excluding carboxylic acids is 2. The summed E-state index contributed by atoms with van der Waals surface area (Å²) < 4.78 is 0. The van der Waals surface area contributed by atoms with Crippen LogP contribution in [0.1, 0.15) is 15.9 Å². The number of fused-ring (bicyclic) bond motifs is 1. The molecule has 2 rings (SSSR count). The highest BCUT2D eigenvalue weighted by Gasteiger charge is 2.39. The quantitative estimate of drug-likeness (QED) is 0.423. The molecule has 0 aromatic heterocycles. The van der Waals surface area contributed by atoms with Gasteiger partial charge in [0.1, 0.15) is 5.03 Å². The van der Waals surface area contributed by atoms with Crippen molar-refractivity contribution in [1.29, 1.82) is 0 Å². The van der Waals surface area contributed by atoms with Gasteiger partial charge < -0.3 is 0 Å². The van der Waals surface area contributed by atoms with E-state index in [0.29, 0.717) is 0 Å². The van der Waals surface area contributed by atoms with Crippen LogP contribution in [0.3, 0.4) is 0 Å². The predicted octanol–water partition coefficient (Wildman–Crippen LogP) is 1.64. The molecule has 0 atom stereocenters. The van der Waals surface area contributed by atoms with Gasteiger partial charge in [0.2, 0.25) is 5.78 Å². The van der Waals surface area contributed by atoms with E-state index < -0.39 is 22.2 Å². The molecule has 0 saturated heterocycles. The SMILES string of the molecule is O=C1C(=O)c2ccccc2C(Cl)=C1[N+](=O)[O-]. The van der Waals surface area contributed by atoms with Crippen LogP contribution < -0.4 is 0 Å². The third-order valence-corrected chi connectivity index (χ3v) is 2.60. The molecule has 0 N–H and O–H groups in total. The van der Waals surface area contributed by atoms with E-state index in [1.807, 2.05) is 0 Å². The Morgan fingerprint density at radius 1 is 1.06 bits per heavy atom. The van der Waals surface area contributed by atoms with Crippen LogP contribution in [-0.2, 0) is 4.79 Å². The van der Waals surface area contributed by atoms with Crippen LogP contribution in [0.5, 0.6) is 0 Å². The van der Waals surface area contributed by atoms with Crippen molar-refractivity contribution < 1.29 is 14.5 Å². The third-order valence-electron chi connectivity index (χ3n) is 2.22. The van der Waals surface area contributed by atoms with Crippen molar-refractivity contribution in [1.82, 2.24) is 0 Å². The molecule has 5 nitrogen and oxygen atoms in total. The van der Waals surface area contributed by atoms with E-state index >= 15 is 0 Å². The molecule has 0 bridgehead atoms. The van der Waals surface area contributed by atoms with Gasteiger partial charge in [-0.25, -0.2) is 0 Å². The highest BCUT2D eigenvalue weighted by molar-refractivity contribution is 6.60. The maximum Gasteiger partial charge on any atom is 0.339 e. The smallest absolute Gasteiger partial charge is 0.285 e. The van der Waals surface area contributed by atoms with Gasteiger partial charge in [-0.1, -0.05) is 35.9 Å². The number of halogens is 1. The van der Waals surface area contributed by atoms with Gasteiger partial charge in [-0.2, -0.15) is 0 Å². The predicted molar refractivity (Wildman–Crippen MR) is 55.5 cm³/mol. The van der Waals surface area contributed by atoms with Gasteiger partial charge in [0.25, 0.3) is 0 Å². The highest BCUT2D eigenvalue weighted by atomic mass is 35.5. The van der Waals surface area contributed by atoms with Gasteiger partial charge in [0.15, 0.2) is 0 Å². The van der Waals surface area contributed by atoms with Crippen molar-refractivity contribution in [3.63, 3.8) is 0 Å². The Balaban J connectivity index is 2.79. The largest absolute Gasteiger partial charge is 0.339 e. The zero-order chi connectivity index (χ0) is 11.9. The number of hydrogen-bond donors (Lipinski definition) is 0. The number of benzene rings is 1. The molecule has 0 aliphatic heterocycles. The van der Waals surface area contributed by atoms with Gasteiger partial charge in [0.05, 0.1) is 4.92 Å². The summed E-state index contributed by atoms with van der Waals surface area (Å²) in [4.78, 5) is 32.6. The van der Waals surface area contributed by atoms with E-state index in [-0.39, 0.29) is 16.2 Å². The van der Waals surface area contributed by atoms with Gasteiger partial charge in [-0.05, 0) is 0 Å². The van der Waals surface area contributed by atoms with Gasteiger partial charge >= 0.3 is 11.5 Å². The van der Waals surface area contributed by atoms with Crippen molar-refractivity contribution in [2.24, 2.45) is 0 Å². The Bertz CT molecular complexity index is 562. The topological polar surface area (TPSA) is 77.3 Å². The van der Waals surface area contributed by atoms with Crippen molar-refractivity contribution in [2.45, 2.75) is 0 Å². The molecule has 80 valence electrons. The standard InChI is InChI=1S/C10H4ClNO4/c11-7-5-3-1-2-4-6(5)9(13)10(14)8(7)12(15)16/h1-4H. The van der Waals surface area contributed by atoms with Crippen LogP contribution in [0.2, 0.25) is 0 Å². The van der Waals surface area contributed by atoms with Crippen molar-refractivity contribution in [2.75, 3.05) is 0 Å². The summed E-state index contributed by atoms with van der Waals surface area (Å²) in [6.07, 6.45) is 0. The first-order valence-corrected chi connectivity index (χ1v) is 4.64. The molecule has 16 heavy (non-hydrogen) atoms. The molecular formula is C10H4ClNO4. The summed E-state index contributed by atoms with van der Waals surface area (Å²) in [5.41, 5.74) is -0.533. The van der Waals surface area contributed by atoms with Gasteiger partial charge in [-0.3, -0.25) is 19.7 Å². The Morgan fingerprint density at radius 2 is 1.62 bits per heavy atom. The number of Topliss-reactive ketones (excluding diaryl/α,β-unsaturated/α-hetero) is 2. The molecule has 1 aromatic rings. The number of allylic oxidation sites excluding steroid dienone is 1. The van der Waals surface area contributed by atoms with Crippen LogP contribution in [0.15, 0.2) is 30.0 Å². The van der Waals surface area contributed by atoms with E-state index in [1.165, 1.54) is 12.1 Å². The summed E-state index contributed by atoms with van der Waals surface area (Å²) in [7, 11) is 0. The van der Waals surface area contributed by atoms with Crippen LogP contribution in [0.4, 0.5) is 0 Å². The fourth-order valence-corrected chi connectivity index (χ4v) is 1.81. The minimum Gasteiger partial charge on any atom is -0.285 e. The number of ketones is 2. The highest BCUT2D eigenvalue weighted by Crippen LogP contribution is 2.32. The normalized spacial score (nSPS) is 15.1. The van der Waals surface area contributed by atoms with Crippen LogP contribution >= 0.6 is 11.6 Å². The second-order valence-corrected chi connectivity index (χ2v) is 3.50. The number of carbonyl (C=O) groups is 2. The van der Waals surface area contributed by atoms with Gasteiger partial charge in [0, 0.05) is 11.1 Å². The van der Waals surface area contributed by atoms with E-state index in [2.05, 4.69) is 0 Å². The first kappa shape index (κ1) is 10.5. The maximum absolute atomic E-state index is 11.5. The average Bonchev–Trinajstić information content (AvgIpc) is 2.26. The monoisotopic (exact) mass is 237 g/mol. The Hall–Kier alpha value is -2.01. The lowest BCUT2D eigenvalue weighted by Gasteiger charge is -2.11. The summed E-state index contributed by atoms with van der Waals surface area (Å²) >= 11 is 5.73. The molecule has 1 aliphatic carbocycles. The molecule has 0 heterocycles. The maximum atomic E-state index is 11.5. The second-order valence-electron chi connectivity index (χ2n) is 3.12. The number of nitrogens with zero attached hydrogens (tertiary/aromatic N) is 1. The number of hydrogen-bond acceptors (Lipinski definition) is 4. The van der Waals surface area contributed by atoms with Gasteiger partial charge in [-0.15, -0.1) is 0 Å². The van der Waals surface area contributed by atoms with Crippen molar-refractivity contribution in [3.05, 3.63) is 51.2 Å². The number of nitro groups is 1. The summed E-state index contributed by atoms with van der Waals surface area (Å²) in [6.45, 7) is 0. The summed E-state index contributed by atoms with van der Waals surface area (Å²) in [5, 5.41) is 10.3. The lowest BCUT2D eigenvalue weighted by molar-refractivity contribution is -0.416. The minimum absolute atomic E-state index is 0.100. The first-order chi connectivity index (χ1) is 7.54. The first-order valence-electron chi connectivity index (χ1n) is 4.26. The fraction of sp³-hybridized carbons (Fsp3) is 0. The molecule has 0 amide bonds. The molecule has 1 aromatic carbocycles. The Morgan fingerprint density at radius 3 is 2.19 bits per heavy atom. The van der Waals surface area contributed by atoms with Crippen LogP contribution in [0, 0.1) is 10.1 Å². The summed E-state index contributed by atoms with van der Waals surface area (Å²) in [6, 6.07) is 6.02. The van der Waals surface area contributed by atoms with E-state index in [9.17, 15) is 19.7 Å². The van der Waals surface area contributed by atoms with Crippen molar-refractivity contribution >= 4 is 28.2 Å². The minimum atomic E-state index is -1.17. The molecule has 0 spiro atoms. The molecule has 1 aliphatic rings. The molecule has 6 heteroatoms. The molecule has 0 radical (unpaired) electrons. The second kappa shape index (κ2) is 3.53. The fourth-order valence-electron chi connectivity index (χ4n) is 1.49. The van der Waals surface area contributed by atoms with E-state index in [1.54, 1.807) is 12.1 Å². The third kappa shape index (κ3) is 1.33. The summed E-state index contributed by atoms with van der Waals surface area (Å²) in [5.74, 6) is -2.07. The lowest BCUT2D eigenvalue weighted by Crippen LogP contribution is -2.26. The lowest BCUT2D eigenvalue weighted by atomic mass is 9.93. The van der Waals surface area contributed by atoms with Crippen LogP contribution in [0.25, 0.3) is 5.03 Å². The Labute approximate surface area is 94.5 Å². The molecule has 0 unspecified atom stereocenters. The molecular weight excluding hydrogens is 234 g/mol. The van der Waals surface area contributed by atoms with E-state index in [4.69, 9.17) is 11.6 Å². The Kier molecular flexibility index (Phi) is 2.32. The number of rotatable bonds is 1. The zero-order valence-corrected chi connectivity index (χ0v) is 8.52. The molecule has 0 saturated carbocycles. The zero-order valence-electron chi connectivity index (χ0n) is 7.77. The van der Waals surface area contributed by atoms with Crippen LogP contribution in [-0.4, -0.2) is 16.5 Å². The van der Waals surface area contributed by atoms with E-state index in [0.717, 1.165) is 0 Å². The average molecular weight is 238 g/mol. The molecule has 0 fully saturated rings.